The lowest BCUT2D eigenvalue weighted by atomic mass is 10.3. The smallest absolute Gasteiger partial charge is 0.335 e. The molecule has 0 fully saturated rings. The molecule has 1 aromatic carbocycles. The zero-order chi connectivity index (χ0) is 13.3. The molecule has 0 atom stereocenters. The minimum atomic E-state index is -3.88. The molecule has 0 unspecified atom stereocenters. The number of hydrogen-bond acceptors (Lipinski definition) is 7. The van der Waals surface area contributed by atoms with Gasteiger partial charge < -0.3 is 15.4 Å². The lowest BCUT2D eigenvalue weighted by Gasteiger charge is -2.05. The van der Waals surface area contributed by atoms with Gasteiger partial charge in [-0.25, -0.2) is 13.1 Å². The second-order valence-corrected chi connectivity index (χ2v) is 5.16. The molecule has 1 heterocycles. The predicted octanol–water partition coefficient (Wildman–Crippen LogP) is 0.467. The monoisotopic (exact) mass is 270 g/mol. The number of aryl methyl sites for hydroxylation is 1. The standard InChI is InChI=1S/C9H10N4O4S/c1-5-11-9(17-12-5)13-18(15,16)6-2-3-8(14)7(10)4-6/h2-4,14H,10H2,1H3,(H,11,12,13). The minimum Gasteiger partial charge on any atom is -0.506 e. The lowest BCUT2D eigenvalue weighted by molar-refractivity contribution is 0.429. The summed E-state index contributed by atoms with van der Waals surface area (Å²) < 4.78 is 30.5. The fourth-order valence-corrected chi connectivity index (χ4v) is 2.17. The number of rotatable bonds is 3. The number of phenols is 1. The van der Waals surface area contributed by atoms with Gasteiger partial charge in [0.1, 0.15) is 5.75 Å². The summed E-state index contributed by atoms with van der Waals surface area (Å²) in [5.41, 5.74) is 5.38. The van der Waals surface area contributed by atoms with E-state index in [0.717, 1.165) is 6.07 Å². The molecule has 4 N–H and O–H groups in total. The van der Waals surface area contributed by atoms with E-state index in [0.29, 0.717) is 5.82 Å². The number of nitrogens with zero attached hydrogens (tertiary/aromatic N) is 2. The van der Waals surface area contributed by atoms with Crippen molar-refractivity contribution in [1.29, 1.82) is 0 Å². The van der Waals surface area contributed by atoms with Crippen molar-refractivity contribution in [1.82, 2.24) is 10.1 Å². The average Bonchev–Trinajstić information content (AvgIpc) is 2.67. The zero-order valence-electron chi connectivity index (χ0n) is 9.28. The Morgan fingerprint density at radius 1 is 1.44 bits per heavy atom. The fourth-order valence-electron chi connectivity index (χ4n) is 1.21. The zero-order valence-corrected chi connectivity index (χ0v) is 10.1. The molecule has 18 heavy (non-hydrogen) atoms. The van der Waals surface area contributed by atoms with Gasteiger partial charge in [-0.2, -0.15) is 4.98 Å². The van der Waals surface area contributed by atoms with E-state index in [1.54, 1.807) is 6.92 Å². The Morgan fingerprint density at radius 3 is 2.72 bits per heavy atom. The van der Waals surface area contributed by atoms with Gasteiger partial charge in [-0.05, 0) is 25.1 Å². The van der Waals surface area contributed by atoms with Gasteiger partial charge in [-0.1, -0.05) is 5.16 Å². The molecule has 0 amide bonds. The van der Waals surface area contributed by atoms with Crippen molar-refractivity contribution in [3.05, 3.63) is 24.0 Å². The molecule has 0 spiro atoms. The third-order valence-electron chi connectivity index (χ3n) is 2.06. The van der Waals surface area contributed by atoms with E-state index in [-0.39, 0.29) is 22.3 Å². The maximum absolute atomic E-state index is 11.9. The second kappa shape index (κ2) is 4.18. The van der Waals surface area contributed by atoms with Crippen LogP contribution in [0.15, 0.2) is 27.6 Å². The van der Waals surface area contributed by atoms with E-state index >= 15 is 0 Å². The maximum Gasteiger partial charge on any atom is 0.335 e. The summed E-state index contributed by atoms with van der Waals surface area (Å²) >= 11 is 0. The Kier molecular flexibility index (Phi) is 2.83. The number of nitrogen functional groups attached to an aromatic ring is 1. The Bertz CT molecular complexity index is 680. The van der Waals surface area contributed by atoms with Gasteiger partial charge in [-0.3, -0.25) is 0 Å². The largest absolute Gasteiger partial charge is 0.506 e. The number of anilines is 2. The molecular formula is C9H10N4O4S. The van der Waals surface area contributed by atoms with Crippen LogP contribution in [0.25, 0.3) is 0 Å². The molecule has 0 radical (unpaired) electrons. The maximum atomic E-state index is 11.9. The first-order chi connectivity index (χ1) is 8.38. The van der Waals surface area contributed by atoms with Crippen LogP contribution in [-0.4, -0.2) is 23.7 Å². The van der Waals surface area contributed by atoms with Gasteiger partial charge in [0.2, 0.25) is 0 Å². The van der Waals surface area contributed by atoms with Crippen molar-refractivity contribution < 1.29 is 18.0 Å². The molecule has 0 saturated heterocycles. The number of nitrogens with two attached hydrogens (primary N) is 1. The summed E-state index contributed by atoms with van der Waals surface area (Å²) in [6, 6.07) is 3.28. The first-order valence-corrected chi connectivity index (χ1v) is 6.28. The molecule has 8 nitrogen and oxygen atoms in total. The van der Waals surface area contributed by atoms with Gasteiger partial charge in [0.15, 0.2) is 5.82 Å². The topological polar surface area (TPSA) is 131 Å². The van der Waals surface area contributed by atoms with Crippen molar-refractivity contribution in [2.75, 3.05) is 10.5 Å². The fraction of sp³-hybridized carbons (Fsp3) is 0.111. The Labute approximate surface area is 102 Å². The second-order valence-electron chi connectivity index (χ2n) is 3.47. The molecule has 96 valence electrons. The van der Waals surface area contributed by atoms with E-state index in [2.05, 4.69) is 19.4 Å². The van der Waals surface area contributed by atoms with Gasteiger partial charge in [0.05, 0.1) is 10.6 Å². The molecule has 0 bridgehead atoms. The van der Waals surface area contributed by atoms with Crippen LogP contribution in [0.4, 0.5) is 11.7 Å². The van der Waals surface area contributed by atoms with E-state index < -0.39 is 10.0 Å². The molecule has 0 aliphatic rings. The van der Waals surface area contributed by atoms with Crippen molar-refractivity contribution in [2.45, 2.75) is 11.8 Å². The van der Waals surface area contributed by atoms with Crippen molar-refractivity contribution >= 4 is 21.7 Å². The number of sulfonamides is 1. The van der Waals surface area contributed by atoms with Gasteiger partial charge in [-0.15, -0.1) is 0 Å². The van der Waals surface area contributed by atoms with Crippen LogP contribution >= 0.6 is 0 Å². The number of benzene rings is 1. The summed E-state index contributed by atoms with van der Waals surface area (Å²) in [5.74, 6) is 0.112. The average molecular weight is 270 g/mol. The van der Waals surface area contributed by atoms with Gasteiger partial charge in [0, 0.05) is 0 Å². The van der Waals surface area contributed by atoms with E-state index in [1.807, 2.05) is 0 Å². The van der Waals surface area contributed by atoms with Crippen LogP contribution < -0.4 is 10.5 Å². The molecule has 0 aliphatic carbocycles. The van der Waals surface area contributed by atoms with Gasteiger partial charge >= 0.3 is 6.01 Å². The third kappa shape index (κ3) is 2.35. The minimum absolute atomic E-state index is 0.0421. The summed E-state index contributed by atoms with van der Waals surface area (Å²) in [6.07, 6.45) is 0. The van der Waals surface area contributed by atoms with Crippen LogP contribution in [0.3, 0.4) is 0 Å². The van der Waals surface area contributed by atoms with E-state index in [4.69, 9.17) is 5.73 Å². The number of aromatic nitrogens is 2. The number of nitrogens with one attached hydrogen (secondary N) is 1. The Hall–Kier alpha value is -2.29. The number of aromatic hydroxyl groups is 1. The molecule has 2 rings (SSSR count). The lowest BCUT2D eigenvalue weighted by Crippen LogP contribution is -2.13. The van der Waals surface area contributed by atoms with E-state index in [1.165, 1.54) is 12.1 Å². The highest BCUT2D eigenvalue weighted by atomic mass is 32.2. The Morgan fingerprint density at radius 2 is 2.17 bits per heavy atom. The van der Waals surface area contributed by atoms with Crippen molar-refractivity contribution in [3.63, 3.8) is 0 Å². The molecule has 2 aromatic rings. The highest BCUT2D eigenvalue weighted by molar-refractivity contribution is 7.92. The molecule has 0 aliphatic heterocycles. The van der Waals surface area contributed by atoms with Crippen LogP contribution in [-0.2, 0) is 10.0 Å². The molecule has 1 aromatic heterocycles. The number of phenolic OH excluding ortho intramolecular Hbond substituents is 1. The molecule has 9 heteroatoms. The summed E-state index contributed by atoms with van der Waals surface area (Å²) in [5, 5.41) is 12.7. The normalized spacial score (nSPS) is 11.4. The summed E-state index contributed by atoms with van der Waals surface area (Å²) in [4.78, 5) is 3.60. The molecular weight excluding hydrogens is 260 g/mol. The van der Waals surface area contributed by atoms with Crippen LogP contribution in [0.1, 0.15) is 5.82 Å². The SMILES string of the molecule is Cc1noc(NS(=O)(=O)c2ccc(O)c(N)c2)n1. The third-order valence-corrected chi connectivity index (χ3v) is 3.38. The van der Waals surface area contributed by atoms with Crippen LogP contribution in [0.2, 0.25) is 0 Å². The van der Waals surface area contributed by atoms with Crippen molar-refractivity contribution in [2.24, 2.45) is 0 Å². The quantitative estimate of drug-likeness (QED) is 0.545. The van der Waals surface area contributed by atoms with Crippen LogP contribution in [0.5, 0.6) is 5.75 Å². The first-order valence-electron chi connectivity index (χ1n) is 4.80. The van der Waals surface area contributed by atoms with E-state index in [9.17, 15) is 13.5 Å². The van der Waals surface area contributed by atoms with Crippen molar-refractivity contribution in [3.8, 4) is 5.75 Å². The first kappa shape index (κ1) is 12.2. The predicted molar refractivity (Wildman–Crippen MR) is 62.4 cm³/mol. The number of hydrogen-bond donors (Lipinski definition) is 3. The summed E-state index contributed by atoms with van der Waals surface area (Å²) in [6.45, 7) is 1.56. The summed E-state index contributed by atoms with van der Waals surface area (Å²) in [7, 11) is -3.88. The van der Waals surface area contributed by atoms with Crippen LogP contribution in [0, 0.1) is 6.92 Å². The van der Waals surface area contributed by atoms with Gasteiger partial charge in [0.25, 0.3) is 10.0 Å². The molecule has 0 saturated carbocycles. The highest BCUT2D eigenvalue weighted by Gasteiger charge is 2.18. The highest BCUT2D eigenvalue weighted by Crippen LogP contribution is 2.24. The Balaban J connectivity index is 2.33.